The maximum Gasteiger partial charge on any atom is 0.227 e. The van der Waals surface area contributed by atoms with Crippen LogP contribution in [0.5, 0.6) is 0 Å². The number of nitrogens with one attached hydrogen (secondary N) is 2. The number of amides is 1. The largest absolute Gasteiger partial charge is 0.354 e. The SMILES string of the molecule is CN(CCNC(=O)C1(C)CCNC1)C1CCCC1.Cl.Cl. The molecule has 1 aliphatic carbocycles. The number of nitrogens with zero attached hydrogens (tertiary/aromatic N) is 1. The molecule has 2 N–H and O–H groups in total. The van der Waals surface area contributed by atoms with Crippen molar-refractivity contribution in [2.75, 3.05) is 33.2 Å². The van der Waals surface area contributed by atoms with Crippen LogP contribution in [0.1, 0.15) is 39.0 Å². The molecule has 20 heavy (non-hydrogen) atoms. The molecule has 2 rings (SSSR count). The van der Waals surface area contributed by atoms with E-state index in [1.807, 2.05) is 0 Å². The fourth-order valence-electron chi connectivity index (χ4n) is 3.10. The van der Waals surface area contributed by atoms with E-state index in [9.17, 15) is 4.79 Å². The molecule has 2 fully saturated rings. The van der Waals surface area contributed by atoms with Crippen molar-refractivity contribution in [1.29, 1.82) is 0 Å². The summed E-state index contributed by atoms with van der Waals surface area (Å²) in [6, 6.07) is 0.741. The lowest BCUT2D eigenvalue weighted by molar-refractivity contribution is -0.129. The number of likely N-dealkylation sites (N-methyl/N-ethyl adjacent to an activating group) is 1. The van der Waals surface area contributed by atoms with Crippen molar-refractivity contribution in [1.82, 2.24) is 15.5 Å². The minimum atomic E-state index is -0.189. The predicted molar refractivity (Wildman–Crippen MR) is 88.0 cm³/mol. The van der Waals surface area contributed by atoms with Crippen molar-refractivity contribution in [2.45, 2.75) is 45.1 Å². The molecule has 1 saturated carbocycles. The minimum Gasteiger partial charge on any atom is -0.354 e. The third kappa shape index (κ3) is 5.06. The van der Waals surface area contributed by atoms with Gasteiger partial charge in [-0.2, -0.15) is 0 Å². The molecule has 1 saturated heterocycles. The molecule has 4 nitrogen and oxygen atoms in total. The Bertz CT molecular complexity index is 290. The van der Waals surface area contributed by atoms with Gasteiger partial charge in [-0.1, -0.05) is 12.8 Å². The number of hydrogen-bond acceptors (Lipinski definition) is 3. The Labute approximate surface area is 135 Å². The molecular formula is C14H29Cl2N3O. The van der Waals surface area contributed by atoms with Gasteiger partial charge in [0.1, 0.15) is 0 Å². The van der Waals surface area contributed by atoms with Crippen LogP contribution < -0.4 is 10.6 Å². The Morgan fingerprint density at radius 1 is 1.35 bits per heavy atom. The van der Waals surface area contributed by atoms with Crippen LogP contribution in [0, 0.1) is 5.41 Å². The van der Waals surface area contributed by atoms with Crippen LogP contribution in [0.25, 0.3) is 0 Å². The molecule has 1 atom stereocenters. The van der Waals surface area contributed by atoms with Gasteiger partial charge in [0.15, 0.2) is 0 Å². The molecule has 1 unspecified atom stereocenters. The third-order valence-corrected chi connectivity index (χ3v) is 4.62. The van der Waals surface area contributed by atoms with Crippen molar-refractivity contribution in [3.8, 4) is 0 Å². The Balaban J connectivity index is 0.00000180. The van der Waals surface area contributed by atoms with Crippen molar-refractivity contribution in [3.63, 3.8) is 0 Å². The number of carbonyl (C=O) groups excluding carboxylic acids is 1. The smallest absolute Gasteiger partial charge is 0.227 e. The highest BCUT2D eigenvalue weighted by Gasteiger charge is 2.35. The van der Waals surface area contributed by atoms with Gasteiger partial charge in [-0.25, -0.2) is 0 Å². The first-order valence-electron chi connectivity index (χ1n) is 7.31. The fraction of sp³-hybridized carbons (Fsp3) is 0.929. The molecule has 0 aromatic rings. The Hall–Kier alpha value is -0.0300. The number of carbonyl (C=O) groups is 1. The van der Waals surface area contributed by atoms with E-state index >= 15 is 0 Å². The molecule has 1 aliphatic heterocycles. The highest BCUT2D eigenvalue weighted by atomic mass is 35.5. The van der Waals surface area contributed by atoms with E-state index in [0.29, 0.717) is 0 Å². The van der Waals surface area contributed by atoms with Crippen molar-refractivity contribution in [3.05, 3.63) is 0 Å². The van der Waals surface area contributed by atoms with Crippen LogP contribution in [0.2, 0.25) is 0 Å². The molecule has 0 bridgehead atoms. The second-order valence-electron chi connectivity index (χ2n) is 6.16. The minimum absolute atomic E-state index is 0. The summed E-state index contributed by atoms with van der Waals surface area (Å²) in [4.78, 5) is 14.5. The summed E-state index contributed by atoms with van der Waals surface area (Å²) < 4.78 is 0. The van der Waals surface area contributed by atoms with E-state index in [4.69, 9.17) is 0 Å². The van der Waals surface area contributed by atoms with E-state index in [1.165, 1.54) is 25.7 Å². The zero-order valence-electron chi connectivity index (χ0n) is 12.6. The van der Waals surface area contributed by atoms with E-state index in [0.717, 1.165) is 38.6 Å². The Kier molecular flexibility index (Phi) is 9.07. The topological polar surface area (TPSA) is 44.4 Å². The quantitative estimate of drug-likeness (QED) is 0.810. The van der Waals surface area contributed by atoms with Gasteiger partial charge in [0.25, 0.3) is 0 Å². The molecule has 1 heterocycles. The number of rotatable bonds is 5. The van der Waals surface area contributed by atoms with Gasteiger partial charge in [0.2, 0.25) is 5.91 Å². The second-order valence-corrected chi connectivity index (χ2v) is 6.16. The normalized spacial score (nSPS) is 26.1. The van der Waals surface area contributed by atoms with Crippen LogP contribution in [0.3, 0.4) is 0 Å². The summed E-state index contributed by atoms with van der Waals surface area (Å²) in [7, 11) is 2.18. The van der Waals surface area contributed by atoms with Gasteiger partial charge in [0.05, 0.1) is 5.41 Å². The fourth-order valence-corrected chi connectivity index (χ4v) is 3.10. The van der Waals surface area contributed by atoms with Crippen molar-refractivity contribution < 1.29 is 4.79 Å². The zero-order chi connectivity index (χ0) is 13.0. The first-order chi connectivity index (χ1) is 8.62. The van der Waals surface area contributed by atoms with E-state index in [2.05, 4.69) is 29.5 Å². The average molecular weight is 326 g/mol. The monoisotopic (exact) mass is 325 g/mol. The lowest BCUT2D eigenvalue weighted by atomic mass is 9.89. The maximum absolute atomic E-state index is 12.1. The van der Waals surface area contributed by atoms with Crippen LogP contribution in [-0.4, -0.2) is 50.1 Å². The molecule has 0 spiro atoms. The Morgan fingerprint density at radius 2 is 2.00 bits per heavy atom. The molecular weight excluding hydrogens is 297 g/mol. The van der Waals surface area contributed by atoms with Crippen LogP contribution >= 0.6 is 24.8 Å². The summed E-state index contributed by atoms with van der Waals surface area (Å²) in [5, 5.41) is 6.37. The Morgan fingerprint density at radius 3 is 2.55 bits per heavy atom. The highest BCUT2D eigenvalue weighted by Crippen LogP contribution is 2.24. The molecule has 0 aromatic carbocycles. The molecule has 6 heteroatoms. The van der Waals surface area contributed by atoms with Gasteiger partial charge < -0.3 is 15.5 Å². The zero-order valence-corrected chi connectivity index (χ0v) is 14.2. The molecule has 2 aliphatic rings. The molecule has 1 amide bonds. The first kappa shape index (κ1) is 20.0. The molecule has 0 aromatic heterocycles. The van der Waals surface area contributed by atoms with Crippen molar-refractivity contribution >= 4 is 30.7 Å². The van der Waals surface area contributed by atoms with Crippen LogP contribution in [0.4, 0.5) is 0 Å². The number of hydrogen-bond donors (Lipinski definition) is 2. The maximum atomic E-state index is 12.1. The lowest BCUT2D eigenvalue weighted by Gasteiger charge is -2.26. The van der Waals surface area contributed by atoms with E-state index in [-0.39, 0.29) is 36.1 Å². The van der Waals surface area contributed by atoms with Crippen LogP contribution in [0.15, 0.2) is 0 Å². The average Bonchev–Trinajstić information content (AvgIpc) is 3.00. The van der Waals surface area contributed by atoms with Gasteiger partial charge >= 0.3 is 0 Å². The van der Waals surface area contributed by atoms with Gasteiger partial charge in [-0.05, 0) is 39.8 Å². The van der Waals surface area contributed by atoms with E-state index in [1.54, 1.807) is 0 Å². The molecule has 120 valence electrons. The highest BCUT2D eigenvalue weighted by molar-refractivity contribution is 5.85. The predicted octanol–water partition coefficient (Wildman–Crippen LogP) is 1.82. The van der Waals surface area contributed by atoms with Gasteiger partial charge in [-0.15, -0.1) is 24.8 Å². The van der Waals surface area contributed by atoms with Gasteiger partial charge in [0, 0.05) is 25.7 Å². The van der Waals surface area contributed by atoms with Crippen molar-refractivity contribution in [2.24, 2.45) is 5.41 Å². The van der Waals surface area contributed by atoms with Crippen LogP contribution in [-0.2, 0) is 4.79 Å². The summed E-state index contributed by atoms with van der Waals surface area (Å²) >= 11 is 0. The summed E-state index contributed by atoms with van der Waals surface area (Å²) in [5.41, 5.74) is -0.189. The third-order valence-electron chi connectivity index (χ3n) is 4.62. The van der Waals surface area contributed by atoms with Gasteiger partial charge in [-0.3, -0.25) is 4.79 Å². The second kappa shape index (κ2) is 9.08. The summed E-state index contributed by atoms with van der Waals surface area (Å²) in [5.74, 6) is 0.215. The first-order valence-corrected chi connectivity index (χ1v) is 7.31. The lowest BCUT2D eigenvalue weighted by Crippen LogP contribution is -2.44. The summed E-state index contributed by atoms with van der Waals surface area (Å²) in [6.45, 7) is 5.59. The standard InChI is InChI=1S/C14H27N3O.2ClH/c1-14(7-8-15-11-14)13(18)16-9-10-17(2)12-5-3-4-6-12;;/h12,15H,3-11H2,1-2H3,(H,16,18);2*1H. The number of halogens is 2. The van der Waals surface area contributed by atoms with E-state index < -0.39 is 0 Å². The molecule has 0 radical (unpaired) electrons. The summed E-state index contributed by atoms with van der Waals surface area (Å²) in [6.07, 6.45) is 6.34.